The molecule has 0 bridgehead atoms. The van der Waals surface area contributed by atoms with Gasteiger partial charge in [0.25, 0.3) is 0 Å². The second-order valence-electron chi connectivity index (χ2n) is 10.2. The van der Waals surface area contributed by atoms with Crippen molar-refractivity contribution in [3.8, 4) is 34.5 Å². The first-order valence-corrected chi connectivity index (χ1v) is 12.8. The van der Waals surface area contributed by atoms with Crippen LogP contribution in [-0.4, -0.2) is 42.2 Å². The van der Waals surface area contributed by atoms with Crippen LogP contribution in [0.3, 0.4) is 0 Å². The highest BCUT2D eigenvalue weighted by Gasteiger charge is 2.46. The normalized spacial score (nSPS) is 17.2. The molecule has 0 unspecified atom stereocenters. The monoisotopic (exact) mass is 578 g/mol. The number of hydrogen-bond acceptors (Lipinski definition) is 8. The molecule has 0 saturated heterocycles. The van der Waals surface area contributed by atoms with E-state index in [9.17, 15) is 40.2 Å². The van der Waals surface area contributed by atoms with E-state index in [1.54, 1.807) is 26.0 Å². The van der Waals surface area contributed by atoms with Crippen LogP contribution in [0.1, 0.15) is 77.1 Å². The Morgan fingerprint density at radius 1 is 0.500 bits per heavy atom. The van der Waals surface area contributed by atoms with E-state index in [0.717, 1.165) is 0 Å². The molecule has 4 aromatic carbocycles. The molecule has 10 heteroatoms. The zero-order valence-corrected chi connectivity index (χ0v) is 22.4. The summed E-state index contributed by atoms with van der Waals surface area (Å²) in [5.41, 5.74) is 1.21. The van der Waals surface area contributed by atoms with Crippen molar-refractivity contribution in [3.63, 3.8) is 0 Å². The van der Waals surface area contributed by atoms with E-state index >= 15 is 0 Å². The van der Waals surface area contributed by atoms with E-state index < -0.39 is 56.4 Å². The fourth-order valence-corrected chi connectivity index (χ4v) is 6.45. The second-order valence-corrected chi connectivity index (χ2v) is 10.9. The van der Waals surface area contributed by atoms with Crippen molar-refractivity contribution in [3.05, 3.63) is 102 Å². The minimum absolute atomic E-state index is 0.119. The van der Waals surface area contributed by atoms with Gasteiger partial charge in [0.2, 0.25) is 11.6 Å². The molecular weight excluding hydrogens is 559 g/mol. The lowest BCUT2D eigenvalue weighted by atomic mass is 9.63. The van der Waals surface area contributed by atoms with Crippen molar-refractivity contribution < 1.29 is 40.2 Å². The quantitative estimate of drug-likeness (QED) is 0.163. The van der Waals surface area contributed by atoms with Crippen LogP contribution in [0.15, 0.2) is 36.4 Å². The van der Waals surface area contributed by atoms with Crippen LogP contribution in [-0.2, 0) is 0 Å². The lowest BCUT2D eigenvalue weighted by Crippen LogP contribution is -2.30. The average molecular weight is 579 g/mol. The Labute approximate surface area is 236 Å². The number of benzene rings is 4. The summed E-state index contributed by atoms with van der Waals surface area (Å²) in [4.78, 5) is 27.4. The van der Waals surface area contributed by atoms with E-state index in [1.165, 1.54) is 24.3 Å². The lowest BCUT2D eigenvalue weighted by Gasteiger charge is -2.39. The first kappa shape index (κ1) is 25.9. The van der Waals surface area contributed by atoms with Crippen molar-refractivity contribution >= 4 is 34.8 Å². The molecule has 0 spiro atoms. The van der Waals surface area contributed by atoms with Gasteiger partial charge in [0, 0.05) is 11.8 Å². The Morgan fingerprint density at radius 2 is 0.825 bits per heavy atom. The van der Waals surface area contributed by atoms with E-state index in [2.05, 4.69) is 0 Å². The first-order chi connectivity index (χ1) is 18.8. The number of carbonyl (C=O) groups excluding carboxylic acids is 2. The minimum Gasteiger partial charge on any atom is -0.507 e. The first-order valence-electron chi connectivity index (χ1n) is 12.1. The number of ketones is 2. The van der Waals surface area contributed by atoms with Gasteiger partial charge < -0.3 is 30.6 Å². The maximum atomic E-state index is 13.7. The summed E-state index contributed by atoms with van der Waals surface area (Å²) < 4.78 is 0. The standard InChI is InChI=1S/C30H20Cl2O8/c1-9-3-11-19(13-7-17(35)25(31)29(39)23(13)27(37)21(11)15(33)5-9)20-12-4-10(2)6-16(34)22(12)28(38)24-14(20)8-18(36)26(32)30(24)40/h3-8,19-20,33-36,39-40H,1-2H3/t19-,20+. The second kappa shape index (κ2) is 8.55. The Balaban J connectivity index is 1.82. The molecular formula is C30H20Cl2O8. The van der Waals surface area contributed by atoms with Crippen molar-refractivity contribution in [1.82, 2.24) is 0 Å². The van der Waals surface area contributed by atoms with Gasteiger partial charge in [-0.25, -0.2) is 0 Å². The zero-order chi connectivity index (χ0) is 28.9. The largest absolute Gasteiger partial charge is 0.507 e. The zero-order valence-electron chi connectivity index (χ0n) is 20.9. The highest BCUT2D eigenvalue weighted by molar-refractivity contribution is 6.35. The van der Waals surface area contributed by atoms with Gasteiger partial charge in [0.15, 0.2) is 0 Å². The van der Waals surface area contributed by atoms with Crippen LogP contribution >= 0.6 is 23.2 Å². The molecule has 0 aliphatic heterocycles. The molecule has 2 aliphatic carbocycles. The molecule has 0 saturated carbocycles. The molecule has 0 amide bonds. The van der Waals surface area contributed by atoms with Crippen LogP contribution in [0.4, 0.5) is 0 Å². The van der Waals surface area contributed by atoms with Crippen molar-refractivity contribution in [2.75, 3.05) is 0 Å². The molecule has 0 heterocycles. The Hall–Kier alpha value is -4.40. The summed E-state index contributed by atoms with van der Waals surface area (Å²) in [6.45, 7) is 3.40. The number of aryl methyl sites for hydroxylation is 2. The van der Waals surface area contributed by atoms with Crippen LogP contribution in [0.5, 0.6) is 34.5 Å². The summed E-state index contributed by atoms with van der Waals surface area (Å²) in [6, 6.07) is 8.54. The molecule has 40 heavy (non-hydrogen) atoms. The van der Waals surface area contributed by atoms with E-state index in [4.69, 9.17) is 23.2 Å². The molecule has 6 N–H and O–H groups in total. The number of phenols is 6. The highest BCUT2D eigenvalue weighted by atomic mass is 35.5. The van der Waals surface area contributed by atoms with Crippen molar-refractivity contribution in [2.45, 2.75) is 25.7 Å². The molecule has 8 nitrogen and oxygen atoms in total. The van der Waals surface area contributed by atoms with E-state index in [1.807, 2.05) is 0 Å². The molecule has 0 aromatic heterocycles. The van der Waals surface area contributed by atoms with Gasteiger partial charge in [0.1, 0.15) is 44.5 Å². The van der Waals surface area contributed by atoms with Crippen LogP contribution < -0.4 is 0 Å². The summed E-state index contributed by atoms with van der Waals surface area (Å²) in [5, 5.41) is 64.1. The number of carbonyl (C=O) groups is 2. The topological polar surface area (TPSA) is 156 Å². The van der Waals surface area contributed by atoms with Crippen LogP contribution in [0.2, 0.25) is 10.0 Å². The van der Waals surface area contributed by atoms with Gasteiger partial charge in [-0.15, -0.1) is 0 Å². The molecule has 0 fully saturated rings. The maximum absolute atomic E-state index is 13.7. The summed E-state index contributed by atoms with van der Waals surface area (Å²) in [6.07, 6.45) is 0. The number of halogens is 2. The Bertz CT molecular complexity index is 1730. The van der Waals surface area contributed by atoms with Crippen LogP contribution in [0, 0.1) is 13.8 Å². The Morgan fingerprint density at radius 3 is 1.18 bits per heavy atom. The van der Waals surface area contributed by atoms with Crippen LogP contribution in [0.25, 0.3) is 0 Å². The number of rotatable bonds is 1. The Kier molecular flexibility index (Phi) is 5.53. The molecule has 2 atom stereocenters. The minimum atomic E-state index is -1.01. The third kappa shape index (κ3) is 3.33. The fraction of sp³-hybridized carbons (Fsp3) is 0.133. The van der Waals surface area contributed by atoms with Gasteiger partial charge in [-0.3, -0.25) is 9.59 Å². The molecule has 2 aliphatic rings. The fourth-order valence-electron chi connectivity index (χ4n) is 6.15. The van der Waals surface area contributed by atoms with E-state index in [-0.39, 0.29) is 44.9 Å². The van der Waals surface area contributed by atoms with Gasteiger partial charge in [0.05, 0.1) is 22.3 Å². The van der Waals surface area contributed by atoms with Crippen molar-refractivity contribution in [1.29, 1.82) is 0 Å². The molecule has 4 aromatic rings. The number of hydrogen-bond donors (Lipinski definition) is 6. The molecule has 6 rings (SSSR count). The average Bonchev–Trinajstić information content (AvgIpc) is 2.86. The highest BCUT2D eigenvalue weighted by Crippen LogP contribution is 2.58. The smallest absolute Gasteiger partial charge is 0.201 e. The summed E-state index contributed by atoms with van der Waals surface area (Å²) in [5.74, 6) is -6.63. The van der Waals surface area contributed by atoms with Gasteiger partial charge in [-0.1, -0.05) is 35.3 Å². The predicted octanol–water partition coefficient (Wildman–Crippen LogP) is 5.90. The SMILES string of the molecule is Cc1cc(O)c2c(c1)[C@@H]([C@H]1c3cc(C)cc(O)c3C(=O)c3c1cc(O)c(Cl)c3O)c1cc(O)c(Cl)c(O)c1C2=O. The number of aromatic hydroxyl groups is 6. The maximum Gasteiger partial charge on any atom is 0.201 e. The third-order valence-corrected chi connectivity index (χ3v) is 8.41. The van der Waals surface area contributed by atoms with Gasteiger partial charge in [-0.2, -0.15) is 0 Å². The molecule has 0 radical (unpaired) electrons. The van der Waals surface area contributed by atoms with Gasteiger partial charge in [-0.05, 0) is 71.5 Å². The van der Waals surface area contributed by atoms with E-state index in [0.29, 0.717) is 22.3 Å². The summed E-state index contributed by atoms with van der Waals surface area (Å²) in [7, 11) is 0. The lowest BCUT2D eigenvalue weighted by molar-refractivity contribution is 0.101. The third-order valence-electron chi connectivity index (χ3n) is 7.67. The van der Waals surface area contributed by atoms with Crippen molar-refractivity contribution in [2.24, 2.45) is 0 Å². The molecule has 202 valence electrons. The predicted molar refractivity (Wildman–Crippen MR) is 146 cm³/mol. The van der Waals surface area contributed by atoms with Gasteiger partial charge >= 0.3 is 0 Å². The number of fused-ring (bicyclic) bond motifs is 4. The summed E-state index contributed by atoms with van der Waals surface area (Å²) >= 11 is 12.2. The number of phenolic OH excluding ortho intramolecular Hbond substituents is 6.